The standard InChI is InChI=1S/C10H6ClN5O4/c1-3-6-5(20-14-9(3)18)2-4(11)7(8(6)17)16-13-10(19)12-15-16/h2H,1H3,(H,13,19)(H,14,18). The van der Waals surface area contributed by atoms with Crippen LogP contribution in [0.15, 0.2) is 25.0 Å². The molecule has 0 fully saturated rings. The molecule has 1 aliphatic heterocycles. The van der Waals surface area contributed by atoms with Crippen LogP contribution in [0.5, 0.6) is 0 Å². The average molecular weight is 296 g/mol. The van der Waals surface area contributed by atoms with Crippen molar-refractivity contribution in [1.82, 2.24) is 25.4 Å². The van der Waals surface area contributed by atoms with Crippen molar-refractivity contribution in [3.05, 3.63) is 47.7 Å². The summed E-state index contributed by atoms with van der Waals surface area (Å²) in [5.41, 5.74) is -1.73. The van der Waals surface area contributed by atoms with Crippen LogP contribution in [-0.2, 0) is 0 Å². The first-order valence-corrected chi connectivity index (χ1v) is 5.74. The number of halogens is 1. The minimum atomic E-state index is -0.729. The van der Waals surface area contributed by atoms with Gasteiger partial charge in [0, 0.05) is 11.6 Å². The largest absolute Gasteiger partial charge is 0.381 e. The van der Waals surface area contributed by atoms with Gasteiger partial charge in [0.1, 0.15) is 0 Å². The Morgan fingerprint density at radius 1 is 1.35 bits per heavy atom. The van der Waals surface area contributed by atoms with Crippen molar-refractivity contribution < 1.29 is 4.52 Å². The molecule has 20 heavy (non-hydrogen) atoms. The number of rotatable bonds is 1. The highest BCUT2D eigenvalue weighted by Crippen LogP contribution is 2.26. The molecule has 0 saturated carbocycles. The van der Waals surface area contributed by atoms with E-state index in [4.69, 9.17) is 16.1 Å². The maximum atomic E-state index is 12.4. The number of hydrogen-bond donors (Lipinski definition) is 2. The maximum absolute atomic E-state index is 12.4. The first-order chi connectivity index (χ1) is 9.49. The second kappa shape index (κ2) is 4.17. The fourth-order valence-electron chi connectivity index (χ4n) is 1.84. The summed E-state index contributed by atoms with van der Waals surface area (Å²) in [6.07, 6.45) is 0. The van der Waals surface area contributed by atoms with Crippen LogP contribution in [0, 0.1) is 6.92 Å². The number of hydrogen-bond acceptors (Lipinski definition) is 6. The van der Waals surface area contributed by atoms with Crippen molar-refractivity contribution in [3.8, 4) is 17.0 Å². The van der Waals surface area contributed by atoms with Gasteiger partial charge in [0.2, 0.25) is 5.43 Å². The summed E-state index contributed by atoms with van der Waals surface area (Å²) in [6, 6.07) is 1.34. The van der Waals surface area contributed by atoms with Crippen LogP contribution in [0.3, 0.4) is 0 Å². The van der Waals surface area contributed by atoms with Crippen molar-refractivity contribution in [1.29, 1.82) is 0 Å². The number of aromatic amines is 2. The molecule has 9 nitrogen and oxygen atoms in total. The summed E-state index contributed by atoms with van der Waals surface area (Å²) in [5, 5.41) is 11.0. The van der Waals surface area contributed by atoms with Crippen molar-refractivity contribution in [2.45, 2.75) is 6.92 Å². The second-order valence-electron chi connectivity index (χ2n) is 3.99. The number of H-pyrrole nitrogens is 2. The van der Waals surface area contributed by atoms with Gasteiger partial charge in [-0.25, -0.2) is 9.89 Å². The van der Waals surface area contributed by atoms with E-state index in [0.29, 0.717) is 0 Å². The third kappa shape index (κ3) is 1.67. The molecular weight excluding hydrogens is 290 g/mol. The SMILES string of the molecule is Cc1c2c(=O)c(-n3nnc(=O)[nH]3)c(Cl)cc-2o[nH]c1=O. The van der Waals surface area contributed by atoms with E-state index in [1.807, 2.05) is 0 Å². The fourth-order valence-corrected chi connectivity index (χ4v) is 2.10. The van der Waals surface area contributed by atoms with E-state index in [1.165, 1.54) is 13.0 Å². The summed E-state index contributed by atoms with van der Waals surface area (Å²) in [7, 11) is 0. The summed E-state index contributed by atoms with van der Waals surface area (Å²) in [6.45, 7) is 1.47. The fraction of sp³-hybridized carbons (Fsp3) is 0.100. The van der Waals surface area contributed by atoms with Gasteiger partial charge in [0.15, 0.2) is 11.4 Å². The molecule has 0 atom stereocenters. The molecule has 0 spiro atoms. The van der Waals surface area contributed by atoms with Crippen LogP contribution >= 0.6 is 11.6 Å². The summed E-state index contributed by atoms with van der Waals surface area (Å²) in [4.78, 5) is 35.8. The third-order valence-electron chi connectivity index (χ3n) is 2.78. The van der Waals surface area contributed by atoms with E-state index in [9.17, 15) is 14.4 Å². The van der Waals surface area contributed by atoms with Crippen LogP contribution in [0.4, 0.5) is 0 Å². The smallest absolute Gasteiger partial charge is 0.378 e. The monoisotopic (exact) mass is 295 g/mol. The second-order valence-corrected chi connectivity index (χ2v) is 4.39. The molecule has 0 saturated heterocycles. The molecule has 1 aromatic heterocycles. The Hall–Kier alpha value is -2.68. The minimum absolute atomic E-state index is 0.00107. The summed E-state index contributed by atoms with van der Waals surface area (Å²) < 4.78 is 4.94. The van der Waals surface area contributed by atoms with E-state index < -0.39 is 16.7 Å². The Kier molecular flexibility index (Phi) is 2.57. The van der Waals surface area contributed by atoms with Gasteiger partial charge in [-0.3, -0.25) is 9.59 Å². The van der Waals surface area contributed by atoms with E-state index in [2.05, 4.69) is 20.6 Å². The highest BCUT2D eigenvalue weighted by atomic mass is 35.5. The Morgan fingerprint density at radius 2 is 2.10 bits per heavy atom. The van der Waals surface area contributed by atoms with E-state index in [-0.39, 0.29) is 27.6 Å². The molecule has 10 heteroatoms. The lowest BCUT2D eigenvalue weighted by Gasteiger charge is -2.09. The predicted octanol–water partition coefficient (Wildman–Crippen LogP) is -0.336. The van der Waals surface area contributed by atoms with Gasteiger partial charge in [-0.05, 0) is 12.1 Å². The molecular formula is C10H6ClN5O4. The van der Waals surface area contributed by atoms with Gasteiger partial charge in [-0.1, -0.05) is 16.7 Å². The van der Waals surface area contributed by atoms with E-state index in [1.54, 1.807) is 0 Å². The first-order valence-electron chi connectivity index (χ1n) is 5.36. The van der Waals surface area contributed by atoms with Gasteiger partial charge < -0.3 is 4.52 Å². The average Bonchev–Trinajstić information content (AvgIpc) is 2.80. The molecule has 2 heterocycles. The highest BCUT2D eigenvalue weighted by Gasteiger charge is 2.22. The van der Waals surface area contributed by atoms with Crippen LogP contribution in [0.1, 0.15) is 5.56 Å². The quantitative estimate of drug-likeness (QED) is 0.632. The normalized spacial score (nSPS) is 11.1. The Balaban J connectivity index is 2.49. The molecule has 2 aliphatic rings. The number of tetrazole rings is 1. The Morgan fingerprint density at radius 3 is 2.75 bits per heavy atom. The van der Waals surface area contributed by atoms with Gasteiger partial charge in [-0.2, -0.15) is 5.16 Å². The van der Waals surface area contributed by atoms with Gasteiger partial charge in [0.25, 0.3) is 5.56 Å². The van der Waals surface area contributed by atoms with Gasteiger partial charge in [-0.15, -0.1) is 4.80 Å². The number of nitrogens with one attached hydrogen (secondary N) is 2. The highest BCUT2D eigenvalue weighted by molar-refractivity contribution is 6.32. The van der Waals surface area contributed by atoms with Crippen LogP contribution < -0.4 is 16.7 Å². The predicted molar refractivity (Wildman–Crippen MR) is 67.5 cm³/mol. The Bertz CT molecular complexity index is 949. The van der Waals surface area contributed by atoms with Crippen molar-refractivity contribution in [2.75, 3.05) is 0 Å². The lowest BCUT2D eigenvalue weighted by molar-refractivity contribution is 0.400. The molecule has 1 aliphatic carbocycles. The zero-order valence-electron chi connectivity index (χ0n) is 9.93. The van der Waals surface area contributed by atoms with E-state index in [0.717, 1.165) is 4.80 Å². The summed E-state index contributed by atoms with van der Waals surface area (Å²) in [5.74, 6) is 0.128. The van der Waals surface area contributed by atoms with Crippen molar-refractivity contribution >= 4 is 11.6 Å². The van der Waals surface area contributed by atoms with Crippen molar-refractivity contribution in [2.24, 2.45) is 0 Å². The number of nitrogens with zero attached hydrogens (tertiary/aromatic N) is 3. The van der Waals surface area contributed by atoms with Crippen LogP contribution in [0.25, 0.3) is 17.0 Å². The zero-order chi connectivity index (χ0) is 14.4. The molecule has 0 unspecified atom stereocenters. The summed E-state index contributed by atoms with van der Waals surface area (Å²) >= 11 is 5.98. The molecule has 2 N–H and O–H groups in total. The van der Waals surface area contributed by atoms with E-state index >= 15 is 0 Å². The molecule has 102 valence electrons. The number of fused-ring (bicyclic) bond motifs is 1. The number of benzene rings is 1. The number of aromatic nitrogens is 5. The lowest BCUT2D eigenvalue weighted by atomic mass is 10.1. The minimum Gasteiger partial charge on any atom is -0.378 e. The van der Waals surface area contributed by atoms with Crippen LogP contribution in [-0.4, -0.2) is 25.4 Å². The molecule has 0 bridgehead atoms. The third-order valence-corrected chi connectivity index (χ3v) is 3.07. The lowest BCUT2D eigenvalue weighted by Crippen LogP contribution is -2.22. The molecule has 1 aromatic rings. The van der Waals surface area contributed by atoms with Crippen molar-refractivity contribution in [3.63, 3.8) is 0 Å². The molecule has 0 aromatic carbocycles. The molecule has 3 rings (SSSR count). The first kappa shape index (κ1) is 12.4. The topological polar surface area (TPSA) is 127 Å². The van der Waals surface area contributed by atoms with Gasteiger partial charge >= 0.3 is 5.69 Å². The maximum Gasteiger partial charge on any atom is 0.381 e. The molecule has 0 amide bonds. The zero-order valence-corrected chi connectivity index (χ0v) is 10.7. The van der Waals surface area contributed by atoms with Gasteiger partial charge in [0.05, 0.1) is 10.6 Å². The Labute approximate surface area is 114 Å². The molecule has 0 radical (unpaired) electrons. The van der Waals surface area contributed by atoms with Crippen LogP contribution in [0.2, 0.25) is 5.02 Å².